The summed E-state index contributed by atoms with van der Waals surface area (Å²) in [6.07, 6.45) is 0. The molecule has 2 aromatic heterocycles. The summed E-state index contributed by atoms with van der Waals surface area (Å²) < 4.78 is 2.69. The molecule has 0 N–H and O–H groups in total. The predicted octanol–water partition coefficient (Wildman–Crippen LogP) is 4.54. The van der Waals surface area contributed by atoms with Crippen LogP contribution in [0.15, 0.2) is 52.1 Å². The van der Waals surface area contributed by atoms with Crippen molar-refractivity contribution in [3.05, 3.63) is 96.0 Å². The van der Waals surface area contributed by atoms with Gasteiger partial charge in [-0.05, 0) is 75.1 Å². The monoisotopic (exact) mass is 500 g/mol. The van der Waals surface area contributed by atoms with Crippen molar-refractivity contribution in [1.29, 1.82) is 5.26 Å². The SMILES string of the molecule is CCN(CC)C(=O)c1sc2c(c1C)c(=O)n(-c1ccc(C)c(C)c1)c(=O)n2Cc1ccccc1C#N. The first-order chi connectivity index (χ1) is 17.2. The fraction of sp³-hybridized carbons (Fsp3) is 0.286. The summed E-state index contributed by atoms with van der Waals surface area (Å²) in [5.74, 6) is -0.160. The van der Waals surface area contributed by atoms with Crippen LogP contribution >= 0.6 is 11.3 Å². The molecule has 7 nitrogen and oxygen atoms in total. The zero-order valence-electron chi connectivity index (χ0n) is 21.1. The largest absolute Gasteiger partial charge is 0.338 e. The van der Waals surface area contributed by atoms with Gasteiger partial charge in [0.25, 0.3) is 11.5 Å². The highest BCUT2D eigenvalue weighted by Gasteiger charge is 2.26. The zero-order valence-corrected chi connectivity index (χ0v) is 21.9. The van der Waals surface area contributed by atoms with Gasteiger partial charge < -0.3 is 4.90 Å². The molecule has 0 saturated carbocycles. The summed E-state index contributed by atoms with van der Waals surface area (Å²) in [6.45, 7) is 10.7. The van der Waals surface area contributed by atoms with Crippen LogP contribution in [-0.4, -0.2) is 33.0 Å². The van der Waals surface area contributed by atoms with E-state index in [1.54, 1.807) is 36.1 Å². The molecule has 0 aliphatic rings. The average molecular weight is 501 g/mol. The van der Waals surface area contributed by atoms with Gasteiger partial charge in [0.15, 0.2) is 0 Å². The van der Waals surface area contributed by atoms with Gasteiger partial charge in [0.05, 0.1) is 34.1 Å². The molecule has 0 unspecified atom stereocenters. The van der Waals surface area contributed by atoms with E-state index in [1.807, 2.05) is 45.9 Å². The van der Waals surface area contributed by atoms with Crippen LogP contribution < -0.4 is 11.2 Å². The van der Waals surface area contributed by atoms with Gasteiger partial charge in [-0.15, -0.1) is 11.3 Å². The van der Waals surface area contributed by atoms with E-state index in [4.69, 9.17) is 0 Å². The number of fused-ring (bicyclic) bond motifs is 1. The van der Waals surface area contributed by atoms with Crippen molar-refractivity contribution in [3.63, 3.8) is 0 Å². The highest BCUT2D eigenvalue weighted by Crippen LogP contribution is 2.30. The molecule has 0 fully saturated rings. The van der Waals surface area contributed by atoms with Gasteiger partial charge >= 0.3 is 5.69 Å². The Hall–Kier alpha value is -3.96. The number of thiophene rings is 1. The minimum atomic E-state index is -0.508. The summed E-state index contributed by atoms with van der Waals surface area (Å²) in [6, 6.07) is 14.7. The molecule has 2 aromatic carbocycles. The smallest absolute Gasteiger partial charge is 0.337 e. The van der Waals surface area contributed by atoms with Crippen LogP contribution in [0.5, 0.6) is 0 Å². The third-order valence-electron chi connectivity index (χ3n) is 6.67. The summed E-state index contributed by atoms with van der Waals surface area (Å²) in [5.41, 5.74) is 3.21. The van der Waals surface area contributed by atoms with E-state index in [0.717, 1.165) is 22.5 Å². The Morgan fingerprint density at radius 3 is 2.36 bits per heavy atom. The fourth-order valence-corrected chi connectivity index (χ4v) is 5.63. The van der Waals surface area contributed by atoms with Crippen LogP contribution in [0.1, 0.15) is 51.3 Å². The number of nitriles is 1. The number of aryl methyl sites for hydroxylation is 3. The second kappa shape index (κ2) is 9.96. The highest BCUT2D eigenvalue weighted by atomic mass is 32.1. The number of rotatable bonds is 6. The van der Waals surface area contributed by atoms with E-state index in [-0.39, 0.29) is 12.5 Å². The van der Waals surface area contributed by atoms with E-state index >= 15 is 0 Å². The third kappa shape index (κ3) is 4.16. The number of aromatic nitrogens is 2. The normalized spacial score (nSPS) is 11.0. The number of amides is 1. The molecule has 1 amide bonds. The standard InChI is InChI=1S/C28H28N4O3S/c1-6-30(7-2)26(34)24-19(5)23-25(33)32(22-13-12-17(3)18(4)14-22)28(35)31(27(23)36-24)16-21-11-9-8-10-20(21)15-29/h8-14H,6-7,16H2,1-5H3. The summed E-state index contributed by atoms with van der Waals surface area (Å²) in [5, 5.41) is 9.96. The molecule has 8 heteroatoms. The molecule has 4 rings (SSSR count). The van der Waals surface area contributed by atoms with E-state index in [2.05, 4.69) is 6.07 Å². The first kappa shape index (κ1) is 25.1. The number of nitrogens with zero attached hydrogens (tertiary/aromatic N) is 4. The molecule has 0 saturated heterocycles. The van der Waals surface area contributed by atoms with Gasteiger partial charge in [0.1, 0.15) is 4.83 Å². The lowest BCUT2D eigenvalue weighted by Crippen LogP contribution is -2.39. The van der Waals surface area contributed by atoms with Crippen LogP contribution in [0.2, 0.25) is 0 Å². The van der Waals surface area contributed by atoms with Crippen molar-refractivity contribution in [2.45, 2.75) is 41.2 Å². The second-order valence-corrected chi connectivity index (χ2v) is 9.76. The Balaban J connectivity index is 2.09. The van der Waals surface area contributed by atoms with Crippen molar-refractivity contribution in [2.24, 2.45) is 0 Å². The maximum absolute atomic E-state index is 13.9. The zero-order chi connectivity index (χ0) is 26.1. The average Bonchev–Trinajstić information content (AvgIpc) is 3.22. The van der Waals surface area contributed by atoms with Crippen LogP contribution in [0.3, 0.4) is 0 Å². The molecule has 2 heterocycles. The number of carbonyl (C=O) groups is 1. The molecule has 0 spiro atoms. The number of hydrogen-bond acceptors (Lipinski definition) is 5. The van der Waals surface area contributed by atoms with Crippen molar-refractivity contribution >= 4 is 27.5 Å². The lowest BCUT2D eigenvalue weighted by atomic mass is 10.1. The molecule has 0 aliphatic heterocycles. The Kier molecular flexibility index (Phi) is 6.95. The van der Waals surface area contributed by atoms with Crippen molar-refractivity contribution in [3.8, 4) is 11.8 Å². The molecular formula is C28H28N4O3S. The molecule has 0 bridgehead atoms. The maximum atomic E-state index is 13.9. The lowest BCUT2D eigenvalue weighted by Gasteiger charge is -2.17. The van der Waals surface area contributed by atoms with Crippen molar-refractivity contribution < 1.29 is 4.79 Å². The quantitative estimate of drug-likeness (QED) is 0.389. The molecular weight excluding hydrogens is 472 g/mol. The topological polar surface area (TPSA) is 88.1 Å². The number of carbonyl (C=O) groups excluding carboxylic acids is 1. The summed E-state index contributed by atoms with van der Waals surface area (Å²) >= 11 is 1.16. The molecule has 4 aromatic rings. The Morgan fingerprint density at radius 1 is 1.03 bits per heavy atom. The number of hydrogen-bond donors (Lipinski definition) is 0. The fourth-order valence-electron chi connectivity index (χ4n) is 4.37. The predicted molar refractivity (Wildman–Crippen MR) is 143 cm³/mol. The minimum absolute atomic E-state index is 0.100. The molecule has 0 atom stereocenters. The van der Waals surface area contributed by atoms with E-state index in [0.29, 0.717) is 50.6 Å². The molecule has 0 aliphatic carbocycles. The Bertz CT molecular complexity index is 1650. The third-order valence-corrected chi connectivity index (χ3v) is 7.98. The van der Waals surface area contributed by atoms with E-state index in [9.17, 15) is 19.6 Å². The minimum Gasteiger partial charge on any atom is -0.338 e. The Labute approximate surface area is 213 Å². The van der Waals surface area contributed by atoms with Gasteiger partial charge in [-0.3, -0.25) is 14.2 Å². The van der Waals surface area contributed by atoms with Gasteiger partial charge in [0.2, 0.25) is 0 Å². The van der Waals surface area contributed by atoms with Crippen LogP contribution in [-0.2, 0) is 6.54 Å². The van der Waals surface area contributed by atoms with Crippen molar-refractivity contribution in [2.75, 3.05) is 13.1 Å². The summed E-state index contributed by atoms with van der Waals surface area (Å²) in [7, 11) is 0. The summed E-state index contributed by atoms with van der Waals surface area (Å²) in [4.78, 5) is 43.6. The van der Waals surface area contributed by atoms with Gasteiger partial charge in [-0.25, -0.2) is 9.36 Å². The van der Waals surface area contributed by atoms with Crippen LogP contribution in [0.4, 0.5) is 0 Å². The number of benzene rings is 2. The first-order valence-corrected chi connectivity index (χ1v) is 12.7. The van der Waals surface area contributed by atoms with Gasteiger partial charge in [0, 0.05) is 13.1 Å². The first-order valence-electron chi connectivity index (χ1n) is 11.9. The molecule has 0 radical (unpaired) electrons. The second-order valence-electron chi connectivity index (χ2n) is 8.76. The highest BCUT2D eigenvalue weighted by molar-refractivity contribution is 7.20. The van der Waals surface area contributed by atoms with Crippen LogP contribution in [0, 0.1) is 32.1 Å². The maximum Gasteiger partial charge on any atom is 0.337 e. The van der Waals surface area contributed by atoms with E-state index in [1.165, 1.54) is 9.13 Å². The van der Waals surface area contributed by atoms with Gasteiger partial charge in [-0.1, -0.05) is 24.3 Å². The Morgan fingerprint density at radius 2 is 1.72 bits per heavy atom. The molecule has 36 heavy (non-hydrogen) atoms. The van der Waals surface area contributed by atoms with Gasteiger partial charge in [-0.2, -0.15) is 5.26 Å². The van der Waals surface area contributed by atoms with Crippen molar-refractivity contribution in [1.82, 2.24) is 14.0 Å². The van der Waals surface area contributed by atoms with E-state index < -0.39 is 11.2 Å². The lowest BCUT2D eigenvalue weighted by molar-refractivity contribution is 0.0777. The molecule has 184 valence electrons. The van der Waals surface area contributed by atoms with Crippen LogP contribution in [0.25, 0.3) is 15.9 Å².